The molecule has 0 spiro atoms. The molecule has 0 aliphatic heterocycles. The highest BCUT2D eigenvalue weighted by Crippen LogP contribution is 2.12. The van der Waals surface area contributed by atoms with Crippen LogP contribution in [0.2, 0.25) is 0 Å². The van der Waals surface area contributed by atoms with Gasteiger partial charge in [0.25, 0.3) is 0 Å². The van der Waals surface area contributed by atoms with E-state index in [2.05, 4.69) is 5.32 Å². The monoisotopic (exact) mass is 256 g/mol. The standard InChI is InChI=1S/C14H28N2O2/c1-9(2)13(15-10(3)4)12(17)8-11(5)14(18)16(6)7/h9-11,13,15H,8H2,1-7H3/t11-,13+/m1/s1. The third-order valence-electron chi connectivity index (χ3n) is 2.90. The Morgan fingerprint density at radius 2 is 1.56 bits per heavy atom. The molecule has 4 heteroatoms. The van der Waals surface area contributed by atoms with Crippen molar-refractivity contribution in [3.05, 3.63) is 0 Å². The fourth-order valence-electron chi connectivity index (χ4n) is 1.97. The van der Waals surface area contributed by atoms with E-state index in [1.54, 1.807) is 14.1 Å². The second kappa shape index (κ2) is 7.52. The number of hydrogen-bond donors (Lipinski definition) is 1. The lowest BCUT2D eigenvalue weighted by molar-refractivity contribution is -0.135. The maximum atomic E-state index is 12.2. The fraction of sp³-hybridized carbons (Fsp3) is 0.857. The van der Waals surface area contributed by atoms with Gasteiger partial charge in [0.15, 0.2) is 5.78 Å². The molecule has 0 radical (unpaired) electrons. The van der Waals surface area contributed by atoms with Gasteiger partial charge in [-0.3, -0.25) is 9.59 Å². The highest BCUT2D eigenvalue weighted by molar-refractivity contribution is 5.89. The molecule has 0 aliphatic carbocycles. The van der Waals surface area contributed by atoms with E-state index in [-0.39, 0.29) is 35.6 Å². The van der Waals surface area contributed by atoms with Gasteiger partial charge in [-0.1, -0.05) is 34.6 Å². The van der Waals surface area contributed by atoms with E-state index in [9.17, 15) is 9.59 Å². The lowest BCUT2D eigenvalue weighted by atomic mass is 9.92. The summed E-state index contributed by atoms with van der Waals surface area (Å²) in [6.07, 6.45) is 0.305. The van der Waals surface area contributed by atoms with Gasteiger partial charge in [0, 0.05) is 32.5 Å². The van der Waals surface area contributed by atoms with Gasteiger partial charge in [-0.15, -0.1) is 0 Å². The van der Waals surface area contributed by atoms with Gasteiger partial charge < -0.3 is 10.2 Å². The Morgan fingerprint density at radius 3 is 1.89 bits per heavy atom. The lowest BCUT2D eigenvalue weighted by Gasteiger charge is -2.25. The van der Waals surface area contributed by atoms with Crippen LogP contribution < -0.4 is 5.32 Å². The molecule has 0 aromatic carbocycles. The summed E-state index contributed by atoms with van der Waals surface area (Å²) in [4.78, 5) is 25.5. The molecule has 2 atom stereocenters. The van der Waals surface area contributed by atoms with Crippen LogP contribution in [0.25, 0.3) is 0 Å². The molecule has 0 rings (SSSR count). The van der Waals surface area contributed by atoms with E-state index in [0.29, 0.717) is 6.42 Å². The average Bonchev–Trinajstić information content (AvgIpc) is 2.23. The summed E-state index contributed by atoms with van der Waals surface area (Å²) >= 11 is 0. The van der Waals surface area contributed by atoms with Crippen molar-refractivity contribution in [1.29, 1.82) is 0 Å². The first-order valence-corrected chi connectivity index (χ1v) is 6.66. The average molecular weight is 256 g/mol. The molecule has 1 amide bonds. The van der Waals surface area contributed by atoms with Crippen molar-refractivity contribution in [1.82, 2.24) is 10.2 Å². The van der Waals surface area contributed by atoms with Crippen LogP contribution in [-0.4, -0.2) is 42.8 Å². The first kappa shape index (κ1) is 17.1. The maximum absolute atomic E-state index is 12.2. The van der Waals surface area contributed by atoms with Gasteiger partial charge in [-0.25, -0.2) is 0 Å². The number of nitrogens with one attached hydrogen (secondary N) is 1. The van der Waals surface area contributed by atoms with Crippen LogP contribution in [0.15, 0.2) is 0 Å². The zero-order valence-corrected chi connectivity index (χ0v) is 12.8. The zero-order chi connectivity index (χ0) is 14.5. The summed E-state index contributed by atoms with van der Waals surface area (Å²) in [5.74, 6) is 0.126. The van der Waals surface area contributed by atoms with Crippen LogP contribution in [0.5, 0.6) is 0 Å². The third-order valence-corrected chi connectivity index (χ3v) is 2.90. The lowest BCUT2D eigenvalue weighted by Crippen LogP contribution is -2.45. The number of Topliss-reactive ketones (excluding diaryl/α,β-unsaturated/α-hetero) is 1. The molecule has 0 aromatic heterocycles. The molecule has 0 bridgehead atoms. The molecule has 0 saturated carbocycles. The second-order valence-electron chi connectivity index (χ2n) is 5.85. The molecular weight excluding hydrogens is 228 g/mol. The molecule has 0 heterocycles. The Kier molecular flexibility index (Phi) is 7.14. The molecule has 1 N–H and O–H groups in total. The molecule has 0 unspecified atom stereocenters. The maximum Gasteiger partial charge on any atom is 0.225 e. The summed E-state index contributed by atoms with van der Waals surface area (Å²) in [5, 5.41) is 3.28. The minimum atomic E-state index is -0.247. The summed E-state index contributed by atoms with van der Waals surface area (Å²) < 4.78 is 0. The first-order chi connectivity index (χ1) is 8.16. The number of rotatable bonds is 7. The van der Waals surface area contributed by atoms with Gasteiger partial charge in [0.05, 0.1) is 6.04 Å². The van der Waals surface area contributed by atoms with Crippen molar-refractivity contribution in [2.45, 2.75) is 53.1 Å². The van der Waals surface area contributed by atoms with Crippen molar-refractivity contribution in [2.75, 3.05) is 14.1 Å². The van der Waals surface area contributed by atoms with E-state index < -0.39 is 0 Å². The summed E-state index contributed by atoms with van der Waals surface area (Å²) in [6.45, 7) is 9.91. The van der Waals surface area contributed by atoms with Crippen molar-refractivity contribution in [3.63, 3.8) is 0 Å². The quantitative estimate of drug-likeness (QED) is 0.754. The van der Waals surface area contributed by atoms with Crippen molar-refractivity contribution < 1.29 is 9.59 Å². The number of hydrogen-bond acceptors (Lipinski definition) is 3. The number of nitrogens with zero attached hydrogens (tertiary/aromatic N) is 1. The predicted molar refractivity (Wildman–Crippen MR) is 74.4 cm³/mol. The van der Waals surface area contributed by atoms with Crippen LogP contribution in [-0.2, 0) is 9.59 Å². The molecule has 18 heavy (non-hydrogen) atoms. The Bertz CT molecular complexity index is 286. The first-order valence-electron chi connectivity index (χ1n) is 6.66. The van der Waals surface area contributed by atoms with E-state index in [1.807, 2.05) is 34.6 Å². The number of ketones is 1. The minimum Gasteiger partial charge on any atom is -0.349 e. The molecule has 0 aromatic rings. The van der Waals surface area contributed by atoms with Crippen LogP contribution in [0.4, 0.5) is 0 Å². The van der Waals surface area contributed by atoms with Gasteiger partial charge in [0.1, 0.15) is 0 Å². The highest BCUT2D eigenvalue weighted by atomic mass is 16.2. The van der Waals surface area contributed by atoms with E-state index in [0.717, 1.165) is 0 Å². The number of amides is 1. The number of carbonyl (C=O) groups excluding carboxylic acids is 2. The normalized spacial score (nSPS) is 14.7. The van der Waals surface area contributed by atoms with Gasteiger partial charge in [-0.2, -0.15) is 0 Å². The van der Waals surface area contributed by atoms with E-state index >= 15 is 0 Å². The fourth-order valence-corrected chi connectivity index (χ4v) is 1.97. The molecule has 106 valence electrons. The topological polar surface area (TPSA) is 49.4 Å². The highest BCUT2D eigenvalue weighted by Gasteiger charge is 2.26. The Labute approximate surface area is 111 Å². The van der Waals surface area contributed by atoms with Crippen molar-refractivity contribution in [2.24, 2.45) is 11.8 Å². The summed E-state index contributed by atoms with van der Waals surface area (Å²) in [7, 11) is 3.44. The van der Waals surface area contributed by atoms with Crippen LogP contribution in [0, 0.1) is 11.8 Å². The van der Waals surface area contributed by atoms with Crippen LogP contribution in [0.1, 0.15) is 41.0 Å². The Hall–Kier alpha value is -0.900. The molecule has 0 saturated heterocycles. The van der Waals surface area contributed by atoms with Gasteiger partial charge >= 0.3 is 0 Å². The SMILES string of the molecule is CC(C)N[C@H](C(=O)C[C@@H](C)C(=O)N(C)C)C(C)C. The zero-order valence-electron chi connectivity index (χ0n) is 12.8. The second-order valence-corrected chi connectivity index (χ2v) is 5.85. The molecule has 0 fully saturated rings. The van der Waals surface area contributed by atoms with Crippen molar-refractivity contribution in [3.8, 4) is 0 Å². The minimum absolute atomic E-state index is 0.00963. The summed E-state index contributed by atoms with van der Waals surface area (Å²) in [5.41, 5.74) is 0. The largest absolute Gasteiger partial charge is 0.349 e. The van der Waals surface area contributed by atoms with E-state index in [1.165, 1.54) is 4.90 Å². The Morgan fingerprint density at radius 1 is 1.06 bits per heavy atom. The molecule has 0 aliphatic rings. The third kappa shape index (κ3) is 5.63. The van der Waals surface area contributed by atoms with E-state index in [4.69, 9.17) is 0 Å². The predicted octanol–water partition coefficient (Wildman–Crippen LogP) is 1.69. The van der Waals surface area contributed by atoms with Gasteiger partial charge in [0.2, 0.25) is 5.91 Å². The summed E-state index contributed by atoms with van der Waals surface area (Å²) in [6, 6.07) is 0.101. The van der Waals surface area contributed by atoms with Crippen LogP contribution in [0.3, 0.4) is 0 Å². The van der Waals surface area contributed by atoms with Gasteiger partial charge in [-0.05, 0) is 5.92 Å². The van der Waals surface area contributed by atoms with Crippen LogP contribution >= 0.6 is 0 Å². The molecule has 4 nitrogen and oxygen atoms in total. The number of carbonyl (C=O) groups is 2. The van der Waals surface area contributed by atoms with Crippen molar-refractivity contribution >= 4 is 11.7 Å². The smallest absolute Gasteiger partial charge is 0.225 e. The molecular formula is C14H28N2O2. The Balaban J connectivity index is 4.56.